The summed E-state index contributed by atoms with van der Waals surface area (Å²) >= 11 is 0. The number of aromatic nitrogens is 4. The number of amides is 4. The summed E-state index contributed by atoms with van der Waals surface area (Å²) in [6, 6.07) is 3.37. The zero-order valence-corrected chi connectivity index (χ0v) is 34.1. The summed E-state index contributed by atoms with van der Waals surface area (Å²) in [5.74, 6) is -3.54. The maximum atomic E-state index is 14.4. The van der Waals surface area contributed by atoms with Crippen LogP contribution in [0.25, 0.3) is 11.1 Å². The molecule has 4 amide bonds. The van der Waals surface area contributed by atoms with Crippen LogP contribution in [-0.2, 0) is 35.6 Å². The van der Waals surface area contributed by atoms with Crippen molar-refractivity contribution in [2.24, 2.45) is 17.2 Å². The van der Waals surface area contributed by atoms with Gasteiger partial charge in [-0.3, -0.25) is 24.0 Å². The van der Waals surface area contributed by atoms with Gasteiger partial charge in [0.2, 0.25) is 45.3 Å². The average Bonchev–Trinajstić information content (AvgIpc) is 3.76. The van der Waals surface area contributed by atoms with Crippen LogP contribution in [0.2, 0.25) is 0 Å². The number of sulfonamides is 1. The van der Waals surface area contributed by atoms with Crippen LogP contribution in [0.4, 0.5) is 0 Å². The first-order chi connectivity index (χ1) is 28.1. The number of ketones is 1. The average molecular weight is 844 g/mol. The van der Waals surface area contributed by atoms with E-state index in [0.29, 0.717) is 28.2 Å². The number of rotatable bonds is 19. The number of nitrogens with two attached hydrogens (primary N) is 3. The summed E-state index contributed by atoms with van der Waals surface area (Å²) in [7, 11) is -1.06. The molecule has 0 radical (unpaired) electrons. The smallest absolute Gasteiger partial charge is 0.248 e. The zero-order chi connectivity index (χ0) is 43.3. The summed E-state index contributed by atoms with van der Waals surface area (Å²) < 4.78 is 40.4. The van der Waals surface area contributed by atoms with E-state index in [4.69, 9.17) is 26.7 Å². The number of likely N-dealkylation sites (N-methyl/N-ethyl adjacent to an activating group) is 1. The molecule has 59 heavy (non-hydrogen) atoms. The van der Waals surface area contributed by atoms with Gasteiger partial charge in [0, 0.05) is 44.2 Å². The predicted molar refractivity (Wildman–Crippen MR) is 214 cm³/mol. The number of tetrazole rings is 1. The van der Waals surface area contributed by atoms with E-state index in [1.807, 2.05) is 0 Å². The van der Waals surface area contributed by atoms with Gasteiger partial charge >= 0.3 is 0 Å². The Hall–Kier alpha value is -5.59. The number of carbonyl (C=O) groups excluding carboxylic acids is 5. The Morgan fingerprint density at radius 1 is 0.966 bits per heavy atom. The van der Waals surface area contributed by atoms with Crippen molar-refractivity contribution in [1.82, 2.24) is 51.5 Å². The van der Waals surface area contributed by atoms with Crippen LogP contribution in [0.3, 0.4) is 0 Å². The van der Waals surface area contributed by atoms with E-state index in [9.17, 15) is 32.4 Å². The molecule has 0 saturated carbocycles. The quantitative estimate of drug-likeness (QED) is 0.0538. The lowest BCUT2D eigenvalue weighted by Gasteiger charge is -2.32. The molecule has 1 aliphatic heterocycles. The molecule has 0 fully saturated rings. The van der Waals surface area contributed by atoms with E-state index in [2.05, 4.69) is 46.6 Å². The van der Waals surface area contributed by atoms with Gasteiger partial charge in [0.05, 0.1) is 11.8 Å². The van der Waals surface area contributed by atoms with E-state index in [1.54, 1.807) is 43.4 Å². The summed E-state index contributed by atoms with van der Waals surface area (Å²) in [6.07, 6.45) is -0.178. The first-order valence-electron chi connectivity index (χ1n) is 18.9. The van der Waals surface area contributed by atoms with Crippen molar-refractivity contribution in [3.63, 3.8) is 0 Å². The number of hydrogen-bond donors (Lipinski definition) is 9. The van der Waals surface area contributed by atoms with Gasteiger partial charge in [-0.25, -0.2) is 18.2 Å². The Kier molecular flexibility index (Phi) is 16.7. The van der Waals surface area contributed by atoms with Gasteiger partial charge in [-0.2, -0.15) is 0 Å². The summed E-state index contributed by atoms with van der Waals surface area (Å²) in [5, 5.41) is 23.4. The number of H-pyrrole nitrogens is 1. The normalized spacial score (nSPS) is 18.1. The van der Waals surface area contributed by atoms with E-state index >= 15 is 0 Å². The molecule has 23 heteroatoms. The Labute approximate surface area is 341 Å². The molecule has 22 nitrogen and oxygen atoms in total. The maximum Gasteiger partial charge on any atom is 0.248 e. The van der Waals surface area contributed by atoms with Crippen LogP contribution in [0, 0.1) is 0 Å². The summed E-state index contributed by atoms with van der Waals surface area (Å²) in [6.45, 7) is 3.42. The van der Waals surface area contributed by atoms with Gasteiger partial charge in [0.25, 0.3) is 0 Å². The molecule has 5 atom stereocenters. The molecule has 2 aromatic carbocycles. The Morgan fingerprint density at radius 3 is 2.24 bits per heavy atom. The number of nitrogens with zero attached hydrogens (tertiary/aromatic N) is 4. The van der Waals surface area contributed by atoms with Crippen LogP contribution in [-0.4, -0.2) is 147 Å². The van der Waals surface area contributed by atoms with Crippen molar-refractivity contribution in [1.29, 1.82) is 0 Å². The number of Topliss-reactive ketones (excluding diaryl/α,β-unsaturated/α-hetero) is 1. The monoisotopic (exact) mass is 843 g/mol. The van der Waals surface area contributed by atoms with E-state index in [0.717, 1.165) is 4.90 Å². The topological polar surface area (TPSA) is 334 Å². The lowest BCUT2D eigenvalue weighted by Crippen LogP contribution is -2.57. The highest BCUT2D eigenvalue weighted by Gasteiger charge is 2.37. The second kappa shape index (κ2) is 21.4. The number of ether oxygens (including phenoxy) is 2. The summed E-state index contributed by atoms with van der Waals surface area (Å²) in [5.41, 5.74) is 19.1. The third kappa shape index (κ3) is 12.2. The molecule has 3 aromatic rings. The number of fused-ring (bicyclic) bond motifs is 5. The van der Waals surface area contributed by atoms with Gasteiger partial charge in [0.1, 0.15) is 48.9 Å². The van der Waals surface area contributed by atoms with E-state index < -0.39 is 69.6 Å². The second-order valence-corrected chi connectivity index (χ2v) is 15.6. The van der Waals surface area contributed by atoms with Crippen molar-refractivity contribution < 1.29 is 41.9 Å². The van der Waals surface area contributed by atoms with Crippen LogP contribution in [0.1, 0.15) is 48.1 Å². The molecular weight excluding hydrogens is 791 g/mol. The van der Waals surface area contributed by atoms with Gasteiger partial charge in [-0.05, 0) is 79.7 Å². The van der Waals surface area contributed by atoms with Crippen molar-refractivity contribution in [2.75, 3.05) is 59.2 Å². The van der Waals surface area contributed by atoms with Crippen LogP contribution in [0.15, 0.2) is 36.4 Å². The molecule has 4 bridgehead atoms. The summed E-state index contributed by atoms with van der Waals surface area (Å²) in [4.78, 5) is 70.2. The molecule has 1 aromatic heterocycles. The number of nitrogens with one attached hydrogen (secondary N) is 6. The third-order valence-corrected chi connectivity index (χ3v) is 10.6. The molecule has 0 spiro atoms. The van der Waals surface area contributed by atoms with Crippen molar-refractivity contribution in [3.05, 3.63) is 53.3 Å². The number of carbonyl (C=O) groups is 5. The lowest BCUT2D eigenvalue weighted by molar-refractivity contribution is -0.141. The molecule has 0 aliphatic carbocycles. The maximum absolute atomic E-state index is 14.4. The Bertz CT molecular complexity index is 2050. The van der Waals surface area contributed by atoms with Crippen LogP contribution in [0.5, 0.6) is 11.5 Å². The molecule has 2 heterocycles. The minimum atomic E-state index is -3.97. The number of benzene rings is 2. The number of hydrogen-bond acceptors (Lipinski definition) is 16. The largest absolute Gasteiger partial charge is 0.492 e. The molecule has 322 valence electrons. The van der Waals surface area contributed by atoms with Crippen LogP contribution >= 0.6 is 0 Å². The van der Waals surface area contributed by atoms with E-state index in [1.165, 1.54) is 20.9 Å². The fourth-order valence-electron chi connectivity index (χ4n) is 6.22. The molecular formula is C36H53N13O9S. The minimum Gasteiger partial charge on any atom is -0.492 e. The Balaban J connectivity index is 1.87. The minimum absolute atomic E-state index is 0.0644. The van der Waals surface area contributed by atoms with Crippen molar-refractivity contribution >= 4 is 39.4 Å². The molecule has 0 saturated heterocycles. The predicted octanol–water partition coefficient (Wildman–Crippen LogP) is -3.17. The van der Waals surface area contributed by atoms with Crippen LogP contribution < -0.4 is 52.7 Å². The van der Waals surface area contributed by atoms with Gasteiger partial charge in [-0.15, -0.1) is 5.10 Å². The van der Waals surface area contributed by atoms with Gasteiger partial charge < -0.3 is 52.8 Å². The van der Waals surface area contributed by atoms with Gasteiger partial charge in [0.15, 0.2) is 0 Å². The van der Waals surface area contributed by atoms with Crippen molar-refractivity contribution in [3.8, 4) is 22.6 Å². The Morgan fingerprint density at radius 2 is 1.63 bits per heavy atom. The fraction of sp³-hybridized carbons (Fsp3) is 0.500. The molecule has 0 unspecified atom stereocenters. The molecule has 4 rings (SSSR count). The number of aromatic amines is 1. The van der Waals surface area contributed by atoms with E-state index in [-0.39, 0.29) is 69.4 Å². The highest BCUT2D eigenvalue weighted by atomic mass is 32.2. The fourth-order valence-corrected chi connectivity index (χ4v) is 7.46. The van der Waals surface area contributed by atoms with Crippen molar-refractivity contribution in [2.45, 2.75) is 56.9 Å². The standard InChI is InChI=1S/C36H53N13O9S/c1-20(31(50)32-44-47-48-45-32)41-34(52)27-18-22-5-7-28(57-14-11-38)24(17-22)25-19-23(6-8-29(25)58-15-12-39)30(35(53)42-21(2)33(51)43-27)49(4)36(54)26(9-10-37)46-59(55,56)16-13-40-3/h5-8,17,19-21,26-27,30,40,46H,9-16,18,37-39H2,1-4H3,(H,41,52)(H,42,53)(H,43,51)(H,44,45,47,48)/t20-,21-,26-,27-,30-/m0/s1. The first kappa shape index (κ1) is 46.1. The SMILES string of the molecule is CNCCS(=O)(=O)N[C@@H](CCN)C(=O)N(C)[C@@H]1C(=O)N[C@@H](C)C(=O)N[C@H](C(=O)N[C@@H](C)C(=O)c2nnn[nH]2)Cc2ccc(OCCN)c(c2)-c2cc1ccc2OCCN. The highest BCUT2D eigenvalue weighted by Crippen LogP contribution is 2.40. The molecule has 12 N–H and O–H groups in total. The first-order valence-corrected chi connectivity index (χ1v) is 20.5. The lowest BCUT2D eigenvalue weighted by atomic mass is 9.93. The highest BCUT2D eigenvalue weighted by molar-refractivity contribution is 7.89. The third-order valence-electron chi connectivity index (χ3n) is 9.24. The second-order valence-electron chi connectivity index (χ2n) is 13.7. The van der Waals surface area contributed by atoms with Gasteiger partial charge in [-0.1, -0.05) is 12.1 Å². The molecule has 1 aliphatic rings. The zero-order valence-electron chi connectivity index (χ0n) is 33.3.